The molecular formula is C29H34FN5O2. The number of carbonyl (C=O) groups excluding carboxylic acids is 1. The molecule has 0 atom stereocenters. The molecule has 1 N–H and O–H groups in total. The molecule has 0 saturated heterocycles. The average molecular weight is 504 g/mol. The Kier molecular flexibility index (Phi) is 8.18. The average Bonchev–Trinajstić information content (AvgIpc) is 3.18. The van der Waals surface area contributed by atoms with Gasteiger partial charge in [0.05, 0.1) is 35.4 Å². The van der Waals surface area contributed by atoms with Crippen molar-refractivity contribution in [2.75, 3.05) is 25.0 Å². The van der Waals surface area contributed by atoms with E-state index in [9.17, 15) is 9.18 Å². The van der Waals surface area contributed by atoms with Crippen molar-refractivity contribution in [3.63, 3.8) is 0 Å². The summed E-state index contributed by atoms with van der Waals surface area (Å²) in [6.07, 6.45) is 1.91. The highest BCUT2D eigenvalue weighted by atomic mass is 19.1. The lowest BCUT2D eigenvalue weighted by Gasteiger charge is -2.16. The summed E-state index contributed by atoms with van der Waals surface area (Å²) in [6, 6.07) is 14.3. The van der Waals surface area contributed by atoms with Gasteiger partial charge in [-0.3, -0.25) is 14.7 Å². The Morgan fingerprint density at radius 1 is 1.08 bits per heavy atom. The molecule has 4 rings (SSSR count). The van der Waals surface area contributed by atoms with Gasteiger partial charge in [0.15, 0.2) is 5.78 Å². The fourth-order valence-electron chi connectivity index (χ4n) is 4.18. The molecule has 2 aromatic heterocycles. The second-order valence-electron chi connectivity index (χ2n) is 9.43. The zero-order valence-corrected chi connectivity index (χ0v) is 22.1. The standard InChI is InChI=1S/C29H34FN5O2/c1-6-35(7-2)18-22(36)15-21-16-24(12-13-31-21)37-23-9-11-28-27(17-23)33-29(34(28)5)32-26-14-20(19(3)4)8-10-25(26)30/h8-14,16-17,19H,6-7,15,18H2,1-5H3,(H,32,33). The minimum absolute atomic E-state index is 0.124. The normalized spacial score (nSPS) is 11.5. The van der Waals surface area contributed by atoms with Gasteiger partial charge in [0.2, 0.25) is 5.95 Å². The number of likely N-dealkylation sites (N-methyl/N-ethyl adjacent to an activating group) is 1. The zero-order valence-electron chi connectivity index (χ0n) is 22.1. The number of hydrogen-bond donors (Lipinski definition) is 1. The van der Waals surface area contributed by atoms with Gasteiger partial charge in [-0.1, -0.05) is 33.8 Å². The third kappa shape index (κ3) is 6.32. The first-order valence-corrected chi connectivity index (χ1v) is 12.7. The van der Waals surface area contributed by atoms with Crippen LogP contribution in [0.25, 0.3) is 11.0 Å². The number of aromatic nitrogens is 3. The maximum Gasteiger partial charge on any atom is 0.208 e. The number of ether oxygens (including phenoxy) is 1. The lowest BCUT2D eigenvalue weighted by molar-refractivity contribution is -0.119. The molecule has 0 fully saturated rings. The lowest BCUT2D eigenvalue weighted by Crippen LogP contribution is -2.30. The minimum Gasteiger partial charge on any atom is -0.457 e. The van der Waals surface area contributed by atoms with Crippen LogP contribution < -0.4 is 10.1 Å². The van der Waals surface area contributed by atoms with Crippen molar-refractivity contribution in [3.8, 4) is 11.5 Å². The first kappa shape index (κ1) is 26.3. The number of anilines is 2. The molecule has 0 amide bonds. The number of fused-ring (bicyclic) bond motifs is 1. The van der Waals surface area contributed by atoms with E-state index >= 15 is 0 Å². The molecule has 0 aliphatic heterocycles. The number of halogens is 1. The van der Waals surface area contributed by atoms with Crippen molar-refractivity contribution in [1.29, 1.82) is 0 Å². The third-order valence-electron chi connectivity index (χ3n) is 6.45. The Morgan fingerprint density at radius 3 is 2.57 bits per heavy atom. The zero-order chi connectivity index (χ0) is 26.5. The van der Waals surface area contributed by atoms with Gasteiger partial charge in [0.1, 0.15) is 17.3 Å². The number of imidazole rings is 1. The summed E-state index contributed by atoms with van der Waals surface area (Å²) in [6.45, 7) is 10.3. The molecule has 0 spiro atoms. The van der Waals surface area contributed by atoms with Crippen molar-refractivity contribution in [3.05, 3.63) is 71.8 Å². The smallest absolute Gasteiger partial charge is 0.208 e. The van der Waals surface area contributed by atoms with Gasteiger partial charge in [-0.05, 0) is 54.9 Å². The molecule has 0 aliphatic rings. The third-order valence-corrected chi connectivity index (χ3v) is 6.45. The lowest BCUT2D eigenvalue weighted by atomic mass is 10.0. The quantitative estimate of drug-likeness (QED) is 0.262. The number of pyridine rings is 1. The summed E-state index contributed by atoms with van der Waals surface area (Å²) in [4.78, 5) is 23.5. The molecule has 0 bridgehead atoms. The molecular weight excluding hydrogens is 469 g/mol. The van der Waals surface area contributed by atoms with Crippen LogP contribution in [-0.2, 0) is 18.3 Å². The Balaban J connectivity index is 1.50. The summed E-state index contributed by atoms with van der Waals surface area (Å²) in [5.41, 5.74) is 3.70. The second kappa shape index (κ2) is 11.5. The molecule has 7 nitrogen and oxygen atoms in total. The number of ketones is 1. The van der Waals surface area contributed by atoms with E-state index in [1.165, 1.54) is 6.07 Å². The molecule has 37 heavy (non-hydrogen) atoms. The highest BCUT2D eigenvalue weighted by Crippen LogP contribution is 2.30. The summed E-state index contributed by atoms with van der Waals surface area (Å²) < 4.78 is 22.4. The van der Waals surface area contributed by atoms with Crippen molar-refractivity contribution >= 4 is 28.5 Å². The number of nitrogens with one attached hydrogen (secondary N) is 1. The van der Waals surface area contributed by atoms with E-state index in [4.69, 9.17) is 4.74 Å². The molecule has 2 aromatic carbocycles. The van der Waals surface area contributed by atoms with Gasteiger partial charge in [-0.2, -0.15) is 0 Å². The molecule has 0 aliphatic carbocycles. The van der Waals surface area contributed by atoms with Gasteiger partial charge in [-0.25, -0.2) is 9.37 Å². The van der Waals surface area contributed by atoms with Crippen LogP contribution in [0.2, 0.25) is 0 Å². The Morgan fingerprint density at radius 2 is 1.84 bits per heavy atom. The van der Waals surface area contributed by atoms with Crippen molar-refractivity contribution in [2.24, 2.45) is 7.05 Å². The van der Waals surface area contributed by atoms with Gasteiger partial charge in [-0.15, -0.1) is 0 Å². The first-order valence-electron chi connectivity index (χ1n) is 12.7. The summed E-state index contributed by atoms with van der Waals surface area (Å²) >= 11 is 0. The van der Waals surface area contributed by atoms with Crippen LogP contribution in [-0.4, -0.2) is 44.9 Å². The van der Waals surface area contributed by atoms with E-state index in [1.54, 1.807) is 24.4 Å². The number of benzene rings is 2. The largest absolute Gasteiger partial charge is 0.457 e. The van der Waals surface area contributed by atoms with E-state index in [0.717, 1.165) is 24.2 Å². The van der Waals surface area contributed by atoms with Crippen LogP contribution >= 0.6 is 0 Å². The van der Waals surface area contributed by atoms with Crippen LogP contribution in [0.3, 0.4) is 0 Å². The fraction of sp³-hybridized carbons (Fsp3) is 0.345. The van der Waals surface area contributed by atoms with Crippen molar-refractivity contribution in [1.82, 2.24) is 19.4 Å². The monoisotopic (exact) mass is 503 g/mol. The van der Waals surface area contributed by atoms with Crippen molar-refractivity contribution in [2.45, 2.75) is 40.0 Å². The second-order valence-corrected chi connectivity index (χ2v) is 9.43. The molecule has 0 unspecified atom stereocenters. The van der Waals surface area contributed by atoms with Crippen LogP contribution in [0.15, 0.2) is 54.7 Å². The maximum atomic E-state index is 14.5. The highest BCUT2D eigenvalue weighted by Gasteiger charge is 2.14. The minimum atomic E-state index is -0.329. The molecule has 2 heterocycles. The van der Waals surface area contributed by atoms with Crippen LogP contribution in [0.1, 0.15) is 44.9 Å². The SMILES string of the molecule is CCN(CC)CC(=O)Cc1cc(Oc2ccc3c(c2)nc(Nc2cc(C(C)C)ccc2F)n3C)ccn1. The number of nitrogens with zero attached hydrogens (tertiary/aromatic N) is 4. The predicted octanol–water partition coefficient (Wildman–Crippen LogP) is 6.22. The molecule has 194 valence electrons. The number of carbonyl (C=O) groups is 1. The Bertz CT molecular complexity index is 1390. The van der Waals surface area contributed by atoms with E-state index in [2.05, 4.69) is 34.0 Å². The molecule has 0 radical (unpaired) electrons. The molecule has 4 aromatic rings. The number of aryl methyl sites for hydroxylation is 1. The topological polar surface area (TPSA) is 72.3 Å². The summed E-state index contributed by atoms with van der Waals surface area (Å²) in [5.74, 6) is 1.82. The van der Waals surface area contributed by atoms with Crippen LogP contribution in [0.5, 0.6) is 11.5 Å². The van der Waals surface area contributed by atoms with Gasteiger partial charge in [0, 0.05) is 25.4 Å². The summed E-state index contributed by atoms with van der Waals surface area (Å²) in [7, 11) is 1.88. The Labute approximate surface area is 217 Å². The Hall–Kier alpha value is -3.78. The molecule has 0 saturated carbocycles. The maximum absolute atomic E-state index is 14.5. The highest BCUT2D eigenvalue weighted by molar-refractivity contribution is 5.83. The number of hydrogen-bond acceptors (Lipinski definition) is 6. The van der Waals surface area contributed by atoms with Crippen LogP contribution in [0.4, 0.5) is 16.0 Å². The van der Waals surface area contributed by atoms with Crippen LogP contribution in [0, 0.1) is 5.82 Å². The first-order chi connectivity index (χ1) is 17.8. The molecule has 8 heteroatoms. The summed E-state index contributed by atoms with van der Waals surface area (Å²) in [5, 5.41) is 3.13. The van der Waals surface area contributed by atoms with E-state index in [-0.39, 0.29) is 23.9 Å². The number of Topliss-reactive ketones (excluding diaryl/α,β-unsaturated/α-hetero) is 1. The van der Waals surface area contributed by atoms with E-state index in [0.29, 0.717) is 40.9 Å². The number of rotatable bonds is 11. The predicted molar refractivity (Wildman–Crippen MR) is 145 cm³/mol. The van der Waals surface area contributed by atoms with Gasteiger partial charge >= 0.3 is 0 Å². The van der Waals surface area contributed by atoms with Gasteiger partial charge in [0.25, 0.3) is 0 Å². The van der Waals surface area contributed by atoms with Crippen molar-refractivity contribution < 1.29 is 13.9 Å². The van der Waals surface area contributed by atoms with E-state index < -0.39 is 0 Å². The fourth-order valence-corrected chi connectivity index (χ4v) is 4.18. The van der Waals surface area contributed by atoms with E-state index in [1.807, 2.05) is 49.7 Å². The van der Waals surface area contributed by atoms with Gasteiger partial charge < -0.3 is 14.6 Å².